The van der Waals surface area contributed by atoms with Gasteiger partial charge < -0.3 is 20.1 Å². The molecule has 1 aromatic heterocycles. The van der Waals surface area contributed by atoms with Gasteiger partial charge in [-0.1, -0.05) is 17.3 Å². The van der Waals surface area contributed by atoms with Gasteiger partial charge >= 0.3 is 0 Å². The molecule has 0 amide bonds. The summed E-state index contributed by atoms with van der Waals surface area (Å²) in [6.07, 6.45) is 2.76. The second kappa shape index (κ2) is 5.83. The van der Waals surface area contributed by atoms with E-state index in [9.17, 15) is 5.11 Å². The maximum absolute atomic E-state index is 9.27. The molecule has 1 saturated carbocycles. The number of nitrogens with two attached hydrogens (primary N) is 1. The van der Waals surface area contributed by atoms with E-state index in [-0.39, 0.29) is 17.9 Å². The van der Waals surface area contributed by atoms with Crippen molar-refractivity contribution in [1.82, 2.24) is 10.1 Å². The molecule has 21 heavy (non-hydrogen) atoms. The van der Waals surface area contributed by atoms with Crippen molar-refractivity contribution < 1.29 is 14.4 Å². The van der Waals surface area contributed by atoms with Crippen molar-refractivity contribution in [1.29, 1.82) is 0 Å². The quantitative estimate of drug-likeness (QED) is 0.845. The largest absolute Gasteiger partial charge is 0.508 e. The lowest BCUT2D eigenvalue weighted by atomic mass is 10.1. The highest BCUT2D eigenvalue weighted by molar-refractivity contribution is 5.26. The van der Waals surface area contributed by atoms with Crippen molar-refractivity contribution in [3.8, 4) is 5.75 Å². The molecule has 1 aliphatic rings. The minimum atomic E-state index is -0.368. The fraction of sp³-hybridized carbons (Fsp3) is 0.467. The summed E-state index contributed by atoms with van der Waals surface area (Å²) >= 11 is 0. The normalized spacial score (nSPS) is 17.6. The van der Waals surface area contributed by atoms with E-state index < -0.39 is 0 Å². The number of phenolic OH excluding ortho intramolecular Hbond substituents is 1. The topological polar surface area (TPSA) is 94.4 Å². The van der Waals surface area contributed by atoms with Crippen LogP contribution in [0.5, 0.6) is 5.75 Å². The van der Waals surface area contributed by atoms with Gasteiger partial charge in [0.15, 0.2) is 0 Å². The van der Waals surface area contributed by atoms with Crippen LogP contribution in [0.1, 0.15) is 42.3 Å². The molecule has 0 aliphatic heterocycles. The Morgan fingerprint density at radius 3 is 2.71 bits per heavy atom. The van der Waals surface area contributed by atoms with E-state index in [1.165, 1.54) is 0 Å². The van der Waals surface area contributed by atoms with Gasteiger partial charge in [-0.3, -0.25) is 0 Å². The molecule has 0 spiro atoms. The molecule has 1 aromatic carbocycles. The Morgan fingerprint density at radius 1 is 1.38 bits per heavy atom. The number of aromatic nitrogens is 2. The summed E-state index contributed by atoms with van der Waals surface area (Å²) in [5, 5.41) is 13.3. The molecule has 2 aromatic rings. The first-order valence-electron chi connectivity index (χ1n) is 7.07. The molecule has 3 rings (SSSR count). The van der Waals surface area contributed by atoms with Crippen LogP contribution in [0.3, 0.4) is 0 Å². The van der Waals surface area contributed by atoms with Crippen molar-refractivity contribution in [2.24, 2.45) is 11.7 Å². The first kappa shape index (κ1) is 14.0. The standard InChI is InChI=1S/C15H19N3O3/c1-20-13(10-4-5-10)14-17-15(21-18-14)12(16)8-9-2-6-11(19)7-3-9/h2-3,6-7,10,12-13,19H,4-5,8,16H2,1H3/t12-,13?/m1/s1. The van der Waals surface area contributed by atoms with Crippen LogP contribution < -0.4 is 5.73 Å². The SMILES string of the molecule is COC(c1noc([C@H](N)Cc2ccc(O)cc2)n1)C1CC1. The van der Waals surface area contributed by atoms with Crippen molar-refractivity contribution in [3.63, 3.8) is 0 Å². The van der Waals surface area contributed by atoms with E-state index in [4.69, 9.17) is 15.0 Å². The van der Waals surface area contributed by atoms with Gasteiger partial charge in [0.25, 0.3) is 0 Å². The van der Waals surface area contributed by atoms with Crippen molar-refractivity contribution in [2.45, 2.75) is 31.4 Å². The number of hydrogen-bond acceptors (Lipinski definition) is 6. The zero-order valence-corrected chi connectivity index (χ0v) is 11.9. The summed E-state index contributed by atoms with van der Waals surface area (Å²) in [6, 6.07) is 6.56. The third-order valence-corrected chi connectivity index (χ3v) is 3.73. The molecule has 6 nitrogen and oxygen atoms in total. The Morgan fingerprint density at radius 2 is 2.10 bits per heavy atom. The monoisotopic (exact) mass is 289 g/mol. The molecule has 0 saturated heterocycles. The number of aromatic hydroxyl groups is 1. The minimum Gasteiger partial charge on any atom is -0.508 e. The summed E-state index contributed by atoms with van der Waals surface area (Å²) in [5.74, 6) is 1.73. The number of nitrogens with zero attached hydrogens (tertiary/aromatic N) is 2. The van der Waals surface area contributed by atoms with Crippen LogP contribution in [-0.2, 0) is 11.2 Å². The molecule has 0 bridgehead atoms. The fourth-order valence-electron chi connectivity index (χ4n) is 2.39. The molecule has 1 heterocycles. The zero-order chi connectivity index (χ0) is 14.8. The molecular formula is C15H19N3O3. The lowest BCUT2D eigenvalue weighted by molar-refractivity contribution is 0.0751. The lowest BCUT2D eigenvalue weighted by Gasteiger charge is -2.09. The second-order valence-electron chi connectivity index (χ2n) is 5.46. The van der Waals surface area contributed by atoms with Gasteiger partial charge in [-0.05, 0) is 42.9 Å². The van der Waals surface area contributed by atoms with Gasteiger partial charge in [0.05, 0.1) is 6.04 Å². The average Bonchev–Trinajstić information content (AvgIpc) is 3.19. The van der Waals surface area contributed by atoms with E-state index in [0.717, 1.165) is 18.4 Å². The maximum atomic E-state index is 9.27. The van der Waals surface area contributed by atoms with Crippen molar-refractivity contribution >= 4 is 0 Å². The summed E-state index contributed by atoms with van der Waals surface area (Å²) in [6.45, 7) is 0. The number of benzene rings is 1. The third kappa shape index (κ3) is 3.22. The van der Waals surface area contributed by atoms with Crippen molar-refractivity contribution in [2.75, 3.05) is 7.11 Å². The summed E-state index contributed by atoms with van der Waals surface area (Å²) in [7, 11) is 1.66. The van der Waals surface area contributed by atoms with Gasteiger partial charge in [-0.2, -0.15) is 4.98 Å². The van der Waals surface area contributed by atoms with E-state index in [2.05, 4.69) is 10.1 Å². The summed E-state index contributed by atoms with van der Waals surface area (Å²) in [5.41, 5.74) is 7.12. The molecule has 2 atom stereocenters. The van der Waals surface area contributed by atoms with E-state index in [1.807, 2.05) is 12.1 Å². The number of hydrogen-bond donors (Lipinski definition) is 2. The highest BCUT2D eigenvalue weighted by Gasteiger charge is 2.36. The van der Waals surface area contributed by atoms with Gasteiger partial charge in [0.2, 0.25) is 11.7 Å². The minimum absolute atomic E-state index is 0.0941. The lowest BCUT2D eigenvalue weighted by Crippen LogP contribution is -2.14. The number of methoxy groups -OCH3 is 1. The maximum Gasteiger partial charge on any atom is 0.243 e. The zero-order valence-electron chi connectivity index (χ0n) is 11.9. The van der Waals surface area contributed by atoms with Crippen LogP contribution >= 0.6 is 0 Å². The summed E-state index contributed by atoms with van der Waals surface area (Å²) < 4.78 is 10.7. The Balaban J connectivity index is 1.68. The highest BCUT2D eigenvalue weighted by atomic mass is 16.5. The van der Waals surface area contributed by atoms with Crippen LogP contribution in [0.2, 0.25) is 0 Å². The Bertz CT molecular complexity index is 592. The van der Waals surface area contributed by atoms with E-state index >= 15 is 0 Å². The van der Waals surface area contributed by atoms with Gasteiger partial charge in [0, 0.05) is 7.11 Å². The van der Waals surface area contributed by atoms with E-state index in [1.54, 1.807) is 19.2 Å². The van der Waals surface area contributed by atoms with Crippen molar-refractivity contribution in [3.05, 3.63) is 41.5 Å². The number of phenols is 1. The molecular weight excluding hydrogens is 270 g/mol. The Kier molecular flexibility index (Phi) is 3.90. The third-order valence-electron chi connectivity index (χ3n) is 3.73. The molecule has 0 radical (unpaired) electrons. The number of ether oxygens (including phenoxy) is 1. The first-order chi connectivity index (χ1) is 10.2. The van der Waals surface area contributed by atoms with Crippen LogP contribution in [0.15, 0.2) is 28.8 Å². The molecule has 1 unspecified atom stereocenters. The number of rotatable bonds is 6. The van der Waals surface area contributed by atoms with Gasteiger partial charge in [-0.15, -0.1) is 0 Å². The predicted molar refractivity (Wildman–Crippen MR) is 75.5 cm³/mol. The predicted octanol–water partition coefficient (Wildman–Crippen LogP) is 2.12. The van der Waals surface area contributed by atoms with E-state index in [0.29, 0.717) is 24.1 Å². The molecule has 112 valence electrons. The van der Waals surface area contributed by atoms with Gasteiger partial charge in [0.1, 0.15) is 11.9 Å². The van der Waals surface area contributed by atoms with Gasteiger partial charge in [-0.25, -0.2) is 0 Å². The highest BCUT2D eigenvalue weighted by Crippen LogP contribution is 2.42. The second-order valence-corrected chi connectivity index (χ2v) is 5.46. The first-order valence-corrected chi connectivity index (χ1v) is 7.07. The molecule has 3 N–H and O–H groups in total. The van der Waals surface area contributed by atoms with Crippen LogP contribution in [0, 0.1) is 5.92 Å². The summed E-state index contributed by atoms with van der Waals surface area (Å²) in [4.78, 5) is 4.38. The van der Waals surface area contributed by atoms with Crippen LogP contribution in [0.25, 0.3) is 0 Å². The average molecular weight is 289 g/mol. The molecule has 1 aliphatic carbocycles. The Labute approximate surface area is 122 Å². The fourth-order valence-corrected chi connectivity index (χ4v) is 2.39. The van der Waals surface area contributed by atoms with Crippen LogP contribution in [0.4, 0.5) is 0 Å². The molecule has 6 heteroatoms. The van der Waals surface area contributed by atoms with Crippen LogP contribution in [-0.4, -0.2) is 22.4 Å². The smallest absolute Gasteiger partial charge is 0.243 e. The molecule has 1 fully saturated rings. The Hall–Kier alpha value is -1.92.